The minimum Gasteiger partial charge on any atom is -0.477 e. The number of alkyl carbamates (subject to hydrolysis) is 1. The van der Waals surface area contributed by atoms with E-state index in [0.717, 1.165) is 25.7 Å². The second-order valence-corrected chi connectivity index (χ2v) is 6.61. The minimum atomic E-state index is -0.479. The lowest BCUT2D eigenvalue weighted by molar-refractivity contribution is 0.0468. The van der Waals surface area contributed by atoms with Crippen LogP contribution in [0.5, 0.6) is 11.8 Å². The van der Waals surface area contributed by atoms with Crippen molar-refractivity contribution in [2.45, 2.75) is 64.2 Å². The number of nitrogens with zero attached hydrogens (tertiary/aromatic N) is 2. The largest absolute Gasteiger partial charge is 0.477 e. The van der Waals surface area contributed by atoms with Crippen molar-refractivity contribution in [3.05, 3.63) is 12.4 Å². The summed E-state index contributed by atoms with van der Waals surface area (Å²) in [5, 5.41) is 2.91. The van der Waals surface area contributed by atoms with Crippen molar-refractivity contribution in [2.24, 2.45) is 0 Å². The first kappa shape index (κ1) is 17.3. The second kappa shape index (κ2) is 7.48. The SMILES string of the molecule is COc1nccnc1OC1CCC(NC(=O)OC(C)(C)C)CC1. The Labute approximate surface area is 136 Å². The molecule has 0 unspecified atom stereocenters. The molecule has 1 aliphatic rings. The summed E-state index contributed by atoms with van der Waals surface area (Å²) in [6.07, 6.45) is 6.18. The Morgan fingerprint density at radius 2 is 1.74 bits per heavy atom. The van der Waals surface area contributed by atoms with Crippen LogP contribution in [0.25, 0.3) is 0 Å². The highest BCUT2D eigenvalue weighted by atomic mass is 16.6. The summed E-state index contributed by atoms with van der Waals surface area (Å²) in [4.78, 5) is 20.0. The zero-order valence-electron chi connectivity index (χ0n) is 14.2. The molecule has 1 heterocycles. The monoisotopic (exact) mass is 323 g/mol. The van der Waals surface area contributed by atoms with E-state index in [4.69, 9.17) is 14.2 Å². The topological polar surface area (TPSA) is 82.6 Å². The van der Waals surface area contributed by atoms with Crippen LogP contribution in [0, 0.1) is 0 Å². The lowest BCUT2D eigenvalue weighted by Gasteiger charge is -2.30. The Morgan fingerprint density at radius 1 is 1.13 bits per heavy atom. The molecule has 1 aromatic rings. The predicted octanol–water partition coefficient (Wildman–Crippen LogP) is 2.70. The van der Waals surface area contributed by atoms with Gasteiger partial charge in [-0.2, -0.15) is 0 Å². The Kier molecular flexibility index (Phi) is 5.63. The summed E-state index contributed by atoms with van der Waals surface area (Å²) in [7, 11) is 1.54. The molecule has 1 aliphatic carbocycles. The van der Waals surface area contributed by atoms with Crippen LogP contribution in [0.3, 0.4) is 0 Å². The van der Waals surface area contributed by atoms with Gasteiger partial charge in [-0.25, -0.2) is 14.8 Å². The quantitative estimate of drug-likeness (QED) is 0.917. The number of methoxy groups -OCH3 is 1. The van der Waals surface area contributed by atoms with Crippen molar-refractivity contribution < 1.29 is 19.0 Å². The lowest BCUT2D eigenvalue weighted by Crippen LogP contribution is -2.42. The first-order valence-electron chi connectivity index (χ1n) is 7.88. The molecule has 1 N–H and O–H groups in total. The van der Waals surface area contributed by atoms with E-state index in [9.17, 15) is 4.79 Å². The van der Waals surface area contributed by atoms with Crippen molar-refractivity contribution in [3.63, 3.8) is 0 Å². The van der Waals surface area contributed by atoms with Gasteiger partial charge in [0.15, 0.2) is 0 Å². The number of hydrogen-bond donors (Lipinski definition) is 1. The molecule has 1 aromatic heterocycles. The Hall–Kier alpha value is -2.05. The van der Waals surface area contributed by atoms with Gasteiger partial charge < -0.3 is 19.5 Å². The summed E-state index contributed by atoms with van der Waals surface area (Å²) in [6.45, 7) is 5.56. The molecular weight excluding hydrogens is 298 g/mol. The molecule has 1 amide bonds. The average molecular weight is 323 g/mol. The van der Waals surface area contributed by atoms with Crippen LogP contribution in [0.2, 0.25) is 0 Å². The lowest BCUT2D eigenvalue weighted by atomic mass is 9.93. The molecule has 0 bridgehead atoms. The van der Waals surface area contributed by atoms with E-state index in [0.29, 0.717) is 11.8 Å². The van der Waals surface area contributed by atoms with Gasteiger partial charge in [0.05, 0.1) is 7.11 Å². The van der Waals surface area contributed by atoms with Gasteiger partial charge in [-0.15, -0.1) is 0 Å². The van der Waals surface area contributed by atoms with Crippen LogP contribution < -0.4 is 14.8 Å². The van der Waals surface area contributed by atoms with Gasteiger partial charge in [0, 0.05) is 18.4 Å². The zero-order valence-corrected chi connectivity index (χ0v) is 14.2. The van der Waals surface area contributed by atoms with Gasteiger partial charge in [-0.05, 0) is 46.5 Å². The molecular formula is C16H25N3O4. The third-order valence-corrected chi connectivity index (χ3v) is 3.50. The van der Waals surface area contributed by atoms with Crippen LogP contribution >= 0.6 is 0 Å². The fourth-order valence-electron chi connectivity index (χ4n) is 2.49. The number of hydrogen-bond acceptors (Lipinski definition) is 6. The third-order valence-electron chi connectivity index (χ3n) is 3.50. The highest BCUT2D eigenvalue weighted by molar-refractivity contribution is 5.68. The number of carbonyl (C=O) groups is 1. The molecule has 0 aromatic carbocycles. The van der Waals surface area contributed by atoms with Crippen molar-refractivity contribution in [1.29, 1.82) is 0 Å². The van der Waals surface area contributed by atoms with Crippen molar-refractivity contribution in [3.8, 4) is 11.8 Å². The summed E-state index contributed by atoms with van der Waals surface area (Å²) in [6, 6.07) is 0.119. The number of aromatic nitrogens is 2. The second-order valence-electron chi connectivity index (χ2n) is 6.61. The Bertz CT molecular complexity index is 522. The summed E-state index contributed by atoms with van der Waals surface area (Å²) >= 11 is 0. The van der Waals surface area contributed by atoms with Crippen LogP contribution in [-0.4, -0.2) is 40.9 Å². The van der Waals surface area contributed by atoms with Gasteiger partial charge >= 0.3 is 6.09 Å². The number of carbonyl (C=O) groups excluding carboxylic acids is 1. The van der Waals surface area contributed by atoms with Crippen molar-refractivity contribution >= 4 is 6.09 Å². The molecule has 1 saturated carbocycles. The van der Waals surface area contributed by atoms with Crippen molar-refractivity contribution in [1.82, 2.24) is 15.3 Å². The number of ether oxygens (including phenoxy) is 3. The zero-order chi connectivity index (χ0) is 16.9. The van der Waals surface area contributed by atoms with Crippen LogP contribution in [0.4, 0.5) is 4.79 Å². The molecule has 0 saturated heterocycles. The van der Waals surface area contributed by atoms with Crippen LogP contribution in [-0.2, 0) is 4.74 Å². The molecule has 0 spiro atoms. The number of rotatable bonds is 4. The maximum atomic E-state index is 11.8. The van der Waals surface area contributed by atoms with E-state index in [1.807, 2.05) is 20.8 Å². The van der Waals surface area contributed by atoms with E-state index in [-0.39, 0.29) is 18.2 Å². The van der Waals surface area contributed by atoms with E-state index in [1.54, 1.807) is 19.5 Å². The minimum absolute atomic E-state index is 0.0530. The average Bonchev–Trinajstić information content (AvgIpc) is 2.48. The normalized spacial score (nSPS) is 21.4. The van der Waals surface area contributed by atoms with Gasteiger partial charge in [0.2, 0.25) is 0 Å². The molecule has 0 atom stereocenters. The van der Waals surface area contributed by atoms with Crippen LogP contribution in [0.1, 0.15) is 46.5 Å². The molecule has 23 heavy (non-hydrogen) atoms. The Balaban J connectivity index is 1.79. The van der Waals surface area contributed by atoms with Gasteiger partial charge in [-0.1, -0.05) is 0 Å². The highest BCUT2D eigenvalue weighted by Gasteiger charge is 2.26. The molecule has 128 valence electrons. The number of nitrogens with one attached hydrogen (secondary N) is 1. The molecule has 1 fully saturated rings. The molecule has 0 aliphatic heterocycles. The Morgan fingerprint density at radius 3 is 2.30 bits per heavy atom. The van der Waals surface area contributed by atoms with E-state index in [1.165, 1.54) is 0 Å². The van der Waals surface area contributed by atoms with E-state index >= 15 is 0 Å². The van der Waals surface area contributed by atoms with E-state index < -0.39 is 5.60 Å². The smallest absolute Gasteiger partial charge is 0.407 e. The van der Waals surface area contributed by atoms with Crippen molar-refractivity contribution in [2.75, 3.05) is 7.11 Å². The first-order chi connectivity index (χ1) is 10.9. The van der Waals surface area contributed by atoms with Gasteiger partial charge in [0.25, 0.3) is 11.8 Å². The van der Waals surface area contributed by atoms with E-state index in [2.05, 4.69) is 15.3 Å². The fourth-order valence-corrected chi connectivity index (χ4v) is 2.49. The van der Waals surface area contributed by atoms with Gasteiger partial charge in [-0.3, -0.25) is 0 Å². The molecule has 7 heteroatoms. The first-order valence-corrected chi connectivity index (χ1v) is 7.88. The van der Waals surface area contributed by atoms with Crippen LogP contribution in [0.15, 0.2) is 12.4 Å². The summed E-state index contributed by atoms with van der Waals surface area (Å²) < 4.78 is 16.3. The van der Waals surface area contributed by atoms with Gasteiger partial charge in [0.1, 0.15) is 11.7 Å². The number of amides is 1. The summed E-state index contributed by atoms with van der Waals surface area (Å²) in [5.41, 5.74) is -0.479. The maximum Gasteiger partial charge on any atom is 0.407 e. The molecule has 2 rings (SSSR count). The maximum absolute atomic E-state index is 11.8. The molecule has 0 radical (unpaired) electrons. The highest BCUT2D eigenvalue weighted by Crippen LogP contribution is 2.27. The third kappa shape index (κ3) is 5.58. The standard InChI is InChI=1S/C16H25N3O4/c1-16(2,3)23-15(20)19-11-5-7-12(8-6-11)22-14-13(21-4)17-9-10-18-14/h9-12H,5-8H2,1-4H3,(H,19,20). The summed E-state index contributed by atoms with van der Waals surface area (Å²) in [5.74, 6) is 0.806. The fraction of sp³-hybridized carbons (Fsp3) is 0.688. The predicted molar refractivity (Wildman–Crippen MR) is 84.6 cm³/mol. The molecule has 7 nitrogen and oxygen atoms in total.